The van der Waals surface area contributed by atoms with Crippen molar-refractivity contribution in [3.63, 3.8) is 0 Å². The molecule has 5 nitrogen and oxygen atoms in total. The van der Waals surface area contributed by atoms with E-state index in [1.807, 2.05) is 55.5 Å². The summed E-state index contributed by atoms with van der Waals surface area (Å²) in [4.78, 5) is 12.0. The Kier molecular flexibility index (Phi) is 5.90. The second-order valence-electron chi connectivity index (χ2n) is 6.07. The number of rotatable bonds is 7. The minimum atomic E-state index is -0.198. The van der Waals surface area contributed by atoms with Crippen LogP contribution < -0.4 is 14.8 Å². The van der Waals surface area contributed by atoms with Crippen molar-refractivity contribution >= 4 is 11.6 Å². The maximum Gasteiger partial charge on any atom is 0.262 e. The van der Waals surface area contributed by atoms with Gasteiger partial charge >= 0.3 is 0 Å². The van der Waals surface area contributed by atoms with E-state index < -0.39 is 0 Å². The van der Waals surface area contributed by atoms with Crippen molar-refractivity contribution in [1.29, 1.82) is 0 Å². The van der Waals surface area contributed by atoms with Gasteiger partial charge in [0.05, 0.1) is 6.10 Å². The van der Waals surface area contributed by atoms with Gasteiger partial charge in [0.2, 0.25) is 0 Å². The number of nitrogens with one attached hydrogen (secondary N) is 1. The van der Waals surface area contributed by atoms with Crippen LogP contribution in [-0.4, -0.2) is 31.8 Å². The number of ether oxygens (including phenoxy) is 3. The number of carbonyl (C=O) groups excluding carboxylic acids is 1. The molecule has 0 spiro atoms. The summed E-state index contributed by atoms with van der Waals surface area (Å²) in [5, 5.41) is 2.81. The lowest BCUT2D eigenvalue weighted by molar-refractivity contribution is -0.118. The molecule has 0 saturated carbocycles. The maximum atomic E-state index is 12.0. The molecular weight excluding hydrogens is 318 g/mol. The van der Waals surface area contributed by atoms with Crippen molar-refractivity contribution in [3.05, 3.63) is 54.1 Å². The fraction of sp³-hybridized carbons (Fsp3) is 0.350. The molecule has 25 heavy (non-hydrogen) atoms. The molecular formula is C20H23NO4. The molecule has 132 valence electrons. The molecule has 1 N–H and O–H groups in total. The largest absolute Gasteiger partial charge is 0.491 e. The predicted octanol–water partition coefficient (Wildman–Crippen LogP) is 3.57. The van der Waals surface area contributed by atoms with E-state index in [0.717, 1.165) is 36.5 Å². The monoisotopic (exact) mass is 341 g/mol. The number of amides is 1. The molecule has 1 fully saturated rings. The lowest BCUT2D eigenvalue weighted by atomic mass is 10.2. The maximum absolute atomic E-state index is 12.0. The normalized spacial score (nSPS) is 16.4. The Labute approximate surface area is 147 Å². The molecule has 0 bridgehead atoms. The lowest BCUT2D eigenvalue weighted by Gasteiger charge is -2.12. The van der Waals surface area contributed by atoms with E-state index in [9.17, 15) is 4.79 Å². The van der Waals surface area contributed by atoms with E-state index in [1.165, 1.54) is 0 Å². The van der Waals surface area contributed by atoms with E-state index in [4.69, 9.17) is 14.2 Å². The van der Waals surface area contributed by atoms with Gasteiger partial charge < -0.3 is 19.5 Å². The first-order valence-electron chi connectivity index (χ1n) is 8.53. The molecule has 2 aromatic rings. The number of para-hydroxylation sites is 1. The van der Waals surface area contributed by atoms with E-state index in [0.29, 0.717) is 12.3 Å². The first-order valence-corrected chi connectivity index (χ1v) is 8.53. The number of hydrogen-bond acceptors (Lipinski definition) is 4. The van der Waals surface area contributed by atoms with Crippen LogP contribution in [0.5, 0.6) is 11.5 Å². The average Bonchev–Trinajstić information content (AvgIpc) is 3.14. The third kappa shape index (κ3) is 5.22. The van der Waals surface area contributed by atoms with E-state index in [-0.39, 0.29) is 18.6 Å². The van der Waals surface area contributed by atoms with Gasteiger partial charge in [-0.15, -0.1) is 0 Å². The molecule has 1 saturated heterocycles. The van der Waals surface area contributed by atoms with Crippen molar-refractivity contribution < 1.29 is 19.0 Å². The minimum Gasteiger partial charge on any atom is -0.491 e. The van der Waals surface area contributed by atoms with Crippen LogP contribution in [0, 0.1) is 6.92 Å². The highest BCUT2D eigenvalue weighted by Gasteiger charge is 2.15. The molecule has 3 rings (SSSR count). The van der Waals surface area contributed by atoms with Crippen LogP contribution in [0.2, 0.25) is 0 Å². The van der Waals surface area contributed by atoms with Crippen molar-refractivity contribution in [2.24, 2.45) is 0 Å². The quantitative estimate of drug-likeness (QED) is 0.836. The van der Waals surface area contributed by atoms with Crippen molar-refractivity contribution in [2.45, 2.75) is 25.9 Å². The van der Waals surface area contributed by atoms with Crippen LogP contribution >= 0.6 is 0 Å². The standard InChI is InChI=1S/C20H23NO4/c1-15-5-2-3-7-19(15)25-14-20(22)21-16-8-10-17(11-9-16)24-13-18-6-4-12-23-18/h2-3,5,7-11,18H,4,6,12-14H2,1H3,(H,21,22). The summed E-state index contributed by atoms with van der Waals surface area (Å²) in [6, 6.07) is 14.9. The van der Waals surface area contributed by atoms with Gasteiger partial charge in [-0.2, -0.15) is 0 Å². The number of aryl methyl sites for hydroxylation is 1. The zero-order chi connectivity index (χ0) is 17.5. The van der Waals surface area contributed by atoms with Crippen LogP contribution in [0.4, 0.5) is 5.69 Å². The summed E-state index contributed by atoms with van der Waals surface area (Å²) < 4.78 is 16.8. The van der Waals surface area contributed by atoms with Crippen molar-refractivity contribution in [2.75, 3.05) is 25.1 Å². The summed E-state index contributed by atoms with van der Waals surface area (Å²) in [5.74, 6) is 1.29. The number of benzene rings is 2. The Morgan fingerprint density at radius 2 is 1.96 bits per heavy atom. The fourth-order valence-electron chi connectivity index (χ4n) is 2.66. The van der Waals surface area contributed by atoms with Crippen LogP contribution in [0.15, 0.2) is 48.5 Å². The minimum absolute atomic E-state index is 0.0257. The number of carbonyl (C=O) groups is 1. The highest BCUT2D eigenvalue weighted by Crippen LogP contribution is 2.19. The summed E-state index contributed by atoms with van der Waals surface area (Å²) in [6.07, 6.45) is 2.34. The Morgan fingerprint density at radius 3 is 2.68 bits per heavy atom. The van der Waals surface area contributed by atoms with Gasteiger partial charge in [0.15, 0.2) is 6.61 Å². The highest BCUT2D eigenvalue weighted by molar-refractivity contribution is 5.91. The summed E-state index contributed by atoms with van der Waals surface area (Å²) in [7, 11) is 0. The predicted molar refractivity (Wildman–Crippen MR) is 96.2 cm³/mol. The van der Waals surface area contributed by atoms with Crippen LogP contribution in [-0.2, 0) is 9.53 Å². The smallest absolute Gasteiger partial charge is 0.262 e. The summed E-state index contributed by atoms with van der Waals surface area (Å²) in [6.45, 7) is 3.31. The van der Waals surface area contributed by atoms with E-state index >= 15 is 0 Å². The van der Waals surface area contributed by atoms with Crippen molar-refractivity contribution in [3.8, 4) is 11.5 Å². The topological polar surface area (TPSA) is 56.8 Å². The summed E-state index contributed by atoms with van der Waals surface area (Å²) in [5.41, 5.74) is 1.71. The average molecular weight is 341 g/mol. The van der Waals surface area contributed by atoms with Crippen LogP contribution in [0.1, 0.15) is 18.4 Å². The zero-order valence-corrected chi connectivity index (χ0v) is 14.4. The van der Waals surface area contributed by atoms with Gasteiger partial charge in [0.1, 0.15) is 18.1 Å². The Morgan fingerprint density at radius 1 is 1.16 bits per heavy atom. The Balaban J connectivity index is 1.44. The molecule has 1 heterocycles. The first-order chi connectivity index (χ1) is 12.2. The van der Waals surface area contributed by atoms with Gasteiger partial charge in [0, 0.05) is 12.3 Å². The third-order valence-electron chi connectivity index (χ3n) is 4.05. The number of anilines is 1. The zero-order valence-electron chi connectivity index (χ0n) is 14.4. The molecule has 1 aliphatic rings. The van der Waals surface area contributed by atoms with Gasteiger partial charge in [-0.05, 0) is 55.7 Å². The molecule has 0 aromatic heterocycles. The van der Waals surface area contributed by atoms with Gasteiger partial charge in [-0.3, -0.25) is 4.79 Å². The molecule has 2 aromatic carbocycles. The third-order valence-corrected chi connectivity index (χ3v) is 4.05. The summed E-state index contributed by atoms with van der Waals surface area (Å²) >= 11 is 0. The second kappa shape index (κ2) is 8.53. The van der Waals surface area contributed by atoms with Crippen molar-refractivity contribution in [1.82, 2.24) is 0 Å². The molecule has 0 aliphatic carbocycles. The molecule has 1 aliphatic heterocycles. The SMILES string of the molecule is Cc1ccccc1OCC(=O)Nc1ccc(OCC2CCCO2)cc1. The van der Waals surface area contributed by atoms with Gasteiger partial charge in [-0.1, -0.05) is 18.2 Å². The fourth-order valence-corrected chi connectivity index (χ4v) is 2.66. The Bertz CT molecular complexity index is 693. The molecule has 1 unspecified atom stereocenters. The highest BCUT2D eigenvalue weighted by atomic mass is 16.5. The van der Waals surface area contributed by atoms with Crippen LogP contribution in [0.3, 0.4) is 0 Å². The van der Waals surface area contributed by atoms with E-state index in [1.54, 1.807) is 0 Å². The molecule has 5 heteroatoms. The number of hydrogen-bond donors (Lipinski definition) is 1. The van der Waals surface area contributed by atoms with Gasteiger partial charge in [-0.25, -0.2) is 0 Å². The molecule has 1 atom stereocenters. The van der Waals surface area contributed by atoms with Crippen LogP contribution in [0.25, 0.3) is 0 Å². The second-order valence-corrected chi connectivity index (χ2v) is 6.07. The molecule has 0 radical (unpaired) electrons. The Hall–Kier alpha value is -2.53. The van der Waals surface area contributed by atoms with E-state index in [2.05, 4.69) is 5.32 Å². The lowest BCUT2D eigenvalue weighted by Crippen LogP contribution is -2.20. The molecule has 1 amide bonds. The van der Waals surface area contributed by atoms with Gasteiger partial charge in [0.25, 0.3) is 5.91 Å². The first kappa shape index (κ1) is 17.3.